The molecule has 1 saturated carbocycles. The third-order valence-corrected chi connectivity index (χ3v) is 2.70. The fourth-order valence-electron chi connectivity index (χ4n) is 1.76. The van der Waals surface area contributed by atoms with Crippen molar-refractivity contribution in [2.45, 2.75) is 24.9 Å². The molecule has 0 amide bonds. The zero-order valence-corrected chi connectivity index (χ0v) is 7.36. The molecule has 0 unspecified atom stereocenters. The van der Waals surface area contributed by atoms with Crippen LogP contribution in [0.1, 0.15) is 24.3 Å². The van der Waals surface area contributed by atoms with E-state index in [1.807, 2.05) is 0 Å². The highest BCUT2D eigenvalue weighted by molar-refractivity contribution is 5.22. The quantitative estimate of drug-likeness (QED) is 0.649. The molecule has 0 spiro atoms. The van der Waals surface area contributed by atoms with E-state index in [1.165, 1.54) is 18.4 Å². The van der Waals surface area contributed by atoms with Crippen molar-refractivity contribution < 1.29 is 4.74 Å². The number of methoxy groups -OCH3 is 1. The highest BCUT2D eigenvalue weighted by Gasteiger charge is 2.29. The van der Waals surface area contributed by atoms with Crippen LogP contribution in [0.4, 0.5) is 0 Å². The summed E-state index contributed by atoms with van der Waals surface area (Å²) >= 11 is 0. The Hall–Kier alpha value is -0.820. The predicted molar refractivity (Wildman–Crippen MR) is 49.2 cm³/mol. The zero-order chi connectivity index (χ0) is 8.39. The van der Waals surface area contributed by atoms with E-state index in [9.17, 15) is 0 Å². The molecule has 1 aliphatic rings. The minimum atomic E-state index is 0.509. The molecule has 1 aliphatic carbocycles. The lowest BCUT2D eigenvalue weighted by molar-refractivity contribution is 0.0258. The van der Waals surface area contributed by atoms with Crippen LogP contribution >= 0.6 is 0 Å². The van der Waals surface area contributed by atoms with Crippen LogP contribution in [-0.2, 0) is 4.74 Å². The van der Waals surface area contributed by atoms with Gasteiger partial charge < -0.3 is 4.74 Å². The monoisotopic (exact) mass is 162 g/mol. The molecule has 1 aromatic rings. The van der Waals surface area contributed by atoms with Gasteiger partial charge in [0.2, 0.25) is 0 Å². The molecule has 1 aromatic carbocycles. The van der Waals surface area contributed by atoms with E-state index in [-0.39, 0.29) is 0 Å². The van der Waals surface area contributed by atoms with E-state index in [2.05, 4.69) is 30.3 Å². The summed E-state index contributed by atoms with van der Waals surface area (Å²) in [6, 6.07) is 10.7. The molecule has 1 nitrogen and oxygen atoms in total. The summed E-state index contributed by atoms with van der Waals surface area (Å²) in [6.45, 7) is 0. The zero-order valence-electron chi connectivity index (χ0n) is 7.36. The van der Waals surface area contributed by atoms with Gasteiger partial charge in [-0.1, -0.05) is 30.3 Å². The largest absolute Gasteiger partial charge is 0.381 e. The fourth-order valence-corrected chi connectivity index (χ4v) is 1.76. The van der Waals surface area contributed by atoms with Crippen molar-refractivity contribution in [3.63, 3.8) is 0 Å². The van der Waals surface area contributed by atoms with Crippen LogP contribution in [0.2, 0.25) is 0 Å². The van der Waals surface area contributed by atoms with E-state index < -0.39 is 0 Å². The average Bonchev–Trinajstić information content (AvgIpc) is 2.04. The Bertz CT molecular complexity index is 236. The molecule has 0 atom stereocenters. The lowest BCUT2D eigenvalue weighted by Gasteiger charge is -2.34. The Morgan fingerprint density at radius 1 is 1.17 bits per heavy atom. The van der Waals surface area contributed by atoms with E-state index in [0.717, 1.165) is 5.92 Å². The normalized spacial score (nSPS) is 28.1. The highest BCUT2D eigenvalue weighted by atomic mass is 16.5. The smallest absolute Gasteiger partial charge is 0.0583 e. The second-order valence-electron chi connectivity index (χ2n) is 3.44. The summed E-state index contributed by atoms with van der Waals surface area (Å²) in [6.07, 6.45) is 2.90. The predicted octanol–water partition coefficient (Wildman–Crippen LogP) is 2.58. The molecule has 0 aliphatic heterocycles. The average molecular weight is 162 g/mol. The second kappa shape index (κ2) is 3.28. The van der Waals surface area contributed by atoms with Gasteiger partial charge in [0.1, 0.15) is 0 Å². The van der Waals surface area contributed by atoms with Crippen LogP contribution in [0.5, 0.6) is 0 Å². The molecule has 0 aromatic heterocycles. The number of hydrogen-bond donors (Lipinski definition) is 0. The number of rotatable bonds is 2. The lowest BCUT2D eigenvalue weighted by atomic mass is 9.77. The first-order valence-corrected chi connectivity index (χ1v) is 4.48. The first kappa shape index (κ1) is 7.81. The van der Waals surface area contributed by atoms with Crippen molar-refractivity contribution in [2.75, 3.05) is 7.11 Å². The molecule has 0 N–H and O–H groups in total. The Labute approximate surface area is 73.4 Å². The van der Waals surface area contributed by atoms with Crippen LogP contribution in [0.15, 0.2) is 30.3 Å². The number of ether oxygens (including phenoxy) is 1. The molecule has 0 bridgehead atoms. The second-order valence-corrected chi connectivity index (χ2v) is 3.44. The summed E-state index contributed by atoms with van der Waals surface area (Å²) in [5.41, 5.74) is 1.46. The van der Waals surface area contributed by atoms with Gasteiger partial charge in [-0.25, -0.2) is 0 Å². The van der Waals surface area contributed by atoms with Crippen molar-refractivity contribution in [1.29, 1.82) is 0 Å². The standard InChI is InChI=1S/C11H14O/c1-12-11-7-10(8-11)9-5-3-2-4-6-9/h2-6,10-11H,7-8H2,1H3. The Balaban J connectivity index is 1.97. The maximum absolute atomic E-state index is 5.24. The molecular formula is C11H14O. The molecule has 2 rings (SSSR count). The first-order chi connectivity index (χ1) is 5.90. The van der Waals surface area contributed by atoms with Crippen molar-refractivity contribution in [3.05, 3.63) is 35.9 Å². The number of benzene rings is 1. The third-order valence-electron chi connectivity index (χ3n) is 2.70. The van der Waals surface area contributed by atoms with Crippen molar-refractivity contribution >= 4 is 0 Å². The molecule has 1 fully saturated rings. The molecule has 12 heavy (non-hydrogen) atoms. The van der Waals surface area contributed by atoms with Crippen LogP contribution in [0.25, 0.3) is 0 Å². The van der Waals surface area contributed by atoms with Crippen LogP contribution < -0.4 is 0 Å². The van der Waals surface area contributed by atoms with Gasteiger partial charge >= 0.3 is 0 Å². The SMILES string of the molecule is COC1CC(c2ccccc2)C1. The highest BCUT2D eigenvalue weighted by Crippen LogP contribution is 2.37. The Morgan fingerprint density at radius 3 is 2.42 bits per heavy atom. The Morgan fingerprint density at radius 2 is 1.83 bits per heavy atom. The minimum absolute atomic E-state index is 0.509. The number of hydrogen-bond acceptors (Lipinski definition) is 1. The maximum atomic E-state index is 5.24. The lowest BCUT2D eigenvalue weighted by Crippen LogP contribution is -2.28. The molecule has 1 heteroatoms. The van der Waals surface area contributed by atoms with Crippen molar-refractivity contribution in [1.82, 2.24) is 0 Å². The van der Waals surface area contributed by atoms with Crippen LogP contribution in [-0.4, -0.2) is 13.2 Å². The van der Waals surface area contributed by atoms with Gasteiger partial charge in [0.05, 0.1) is 6.10 Å². The van der Waals surface area contributed by atoms with Crippen molar-refractivity contribution in [2.24, 2.45) is 0 Å². The molecule has 0 radical (unpaired) electrons. The summed E-state index contributed by atoms with van der Waals surface area (Å²) in [5, 5.41) is 0. The van der Waals surface area contributed by atoms with Crippen LogP contribution in [0, 0.1) is 0 Å². The minimum Gasteiger partial charge on any atom is -0.381 e. The van der Waals surface area contributed by atoms with Gasteiger partial charge in [-0.05, 0) is 24.3 Å². The van der Waals surface area contributed by atoms with Gasteiger partial charge in [-0.3, -0.25) is 0 Å². The molecule has 64 valence electrons. The maximum Gasteiger partial charge on any atom is 0.0583 e. The molecule has 0 saturated heterocycles. The van der Waals surface area contributed by atoms with Crippen LogP contribution in [0.3, 0.4) is 0 Å². The topological polar surface area (TPSA) is 9.23 Å². The summed E-state index contributed by atoms with van der Waals surface area (Å²) in [5.74, 6) is 0.746. The van der Waals surface area contributed by atoms with Gasteiger partial charge in [0.15, 0.2) is 0 Å². The van der Waals surface area contributed by atoms with Gasteiger partial charge in [-0.2, -0.15) is 0 Å². The molecule has 0 heterocycles. The third kappa shape index (κ3) is 1.37. The van der Waals surface area contributed by atoms with Gasteiger partial charge in [0, 0.05) is 7.11 Å². The van der Waals surface area contributed by atoms with Gasteiger partial charge in [0.25, 0.3) is 0 Å². The summed E-state index contributed by atoms with van der Waals surface area (Å²) in [4.78, 5) is 0. The fraction of sp³-hybridized carbons (Fsp3) is 0.455. The van der Waals surface area contributed by atoms with E-state index >= 15 is 0 Å². The molecular weight excluding hydrogens is 148 g/mol. The van der Waals surface area contributed by atoms with E-state index in [1.54, 1.807) is 7.11 Å². The van der Waals surface area contributed by atoms with E-state index in [0.29, 0.717) is 6.10 Å². The van der Waals surface area contributed by atoms with Crippen molar-refractivity contribution in [3.8, 4) is 0 Å². The summed E-state index contributed by atoms with van der Waals surface area (Å²) < 4.78 is 5.24. The van der Waals surface area contributed by atoms with E-state index in [4.69, 9.17) is 4.74 Å². The van der Waals surface area contributed by atoms with Gasteiger partial charge in [-0.15, -0.1) is 0 Å². The Kier molecular flexibility index (Phi) is 2.13. The first-order valence-electron chi connectivity index (χ1n) is 4.48. The summed E-state index contributed by atoms with van der Waals surface area (Å²) in [7, 11) is 1.80.